The van der Waals surface area contributed by atoms with E-state index in [1.54, 1.807) is 19.4 Å². The first-order valence-electron chi connectivity index (χ1n) is 8.33. The second kappa shape index (κ2) is 7.79. The van der Waals surface area contributed by atoms with Crippen molar-refractivity contribution in [1.82, 2.24) is 13.9 Å². The number of thiazole rings is 1. The van der Waals surface area contributed by atoms with Crippen molar-refractivity contribution in [2.45, 2.75) is 24.7 Å². The zero-order valence-corrected chi connectivity index (χ0v) is 16.6. The van der Waals surface area contributed by atoms with E-state index in [0.717, 1.165) is 18.5 Å². The highest BCUT2D eigenvalue weighted by Crippen LogP contribution is 2.23. The Hall–Kier alpha value is -2.24. The number of ether oxygens (including phenoxy) is 1. The first-order valence-corrected chi connectivity index (χ1v) is 10.6. The Morgan fingerprint density at radius 1 is 1.33 bits per heavy atom. The summed E-state index contributed by atoms with van der Waals surface area (Å²) in [6, 6.07) is 1.28. The van der Waals surface area contributed by atoms with Gasteiger partial charge in [0, 0.05) is 31.7 Å². The summed E-state index contributed by atoms with van der Waals surface area (Å²) in [5, 5.41) is 4.74. The summed E-state index contributed by atoms with van der Waals surface area (Å²) in [6.45, 7) is 2.27. The van der Waals surface area contributed by atoms with E-state index in [0.29, 0.717) is 18.2 Å². The molecule has 2 aromatic rings. The number of sulfonamides is 1. The molecule has 1 aliphatic rings. The maximum atomic E-state index is 12.6. The third-order valence-corrected chi connectivity index (χ3v) is 6.83. The molecular formula is C16H20N4O5S2. The maximum Gasteiger partial charge on any atom is 0.355 e. The average Bonchev–Trinajstić information content (AvgIpc) is 3.34. The zero-order chi connectivity index (χ0) is 19.6. The van der Waals surface area contributed by atoms with Crippen LogP contribution in [0.2, 0.25) is 0 Å². The summed E-state index contributed by atoms with van der Waals surface area (Å²) < 4.78 is 33.0. The van der Waals surface area contributed by atoms with E-state index in [1.165, 1.54) is 32.5 Å². The van der Waals surface area contributed by atoms with Crippen molar-refractivity contribution in [2.24, 2.45) is 7.05 Å². The van der Waals surface area contributed by atoms with Crippen molar-refractivity contribution in [3.63, 3.8) is 0 Å². The van der Waals surface area contributed by atoms with Gasteiger partial charge in [-0.1, -0.05) is 0 Å². The first-order chi connectivity index (χ1) is 12.8. The smallest absolute Gasteiger partial charge is 0.355 e. The van der Waals surface area contributed by atoms with Gasteiger partial charge < -0.3 is 9.30 Å². The van der Waals surface area contributed by atoms with Gasteiger partial charge in [0.1, 0.15) is 10.6 Å². The van der Waals surface area contributed by atoms with Crippen molar-refractivity contribution in [3.8, 4) is 0 Å². The van der Waals surface area contributed by atoms with E-state index in [-0.39, 0.29) is 10.6 Å². The molecule has 27 heavy (non-hydrogen) atoms. The number of carbonyl (C=O) groups is 2. The van der Waals surface area contributed by atoms with Crippen LogP contribution in [-0.2, 0) is 26.6 Å². The van der Waals surface area contributed by atoms with Gasteiger partial charge in [-0.15, -0.1) is 11.3 Å². The van der Waals surface area contributed by atoms with Gasteiger partial charge in [-0.25, -0.2) is 18.2 Å². The van der Waals surface area contributed by atoms with Crippen LogP contribution in [0, 0.1) is 6.92 Å². The SMILES string of the molecule is Cc1csc(NC(=O)COC(=O)c2cc(S(=O)(=O)N3CCCC3)cn2C)n1. The Balaban J connectivity index is 1.63. The highest BCUT2D eigenvalue weighted by atomic mass is 32.2. The number of rotatable bonds is 6. The minimum atomic E-state index is -3.62. The van der Waals surface area contributed by atoms with Crippen LogP contribution in [0.1, 0.15) is 29.0 Å². The summed E-state index contributed by atoms with van der Waals surface area (Å²) in [7, 11) is -2.07. The Morgan fingerprint density at radius 2 is 2.04 bits per heavy atom. The fourth-order valence-corrected chi connectivity index (χ4v) is 5.02. The lowest BCUT2D eigenvalue weighted by atomic mass is 10.4. The topological polar surface area (TPSA) is 111 Å². The summed E-state index contributed by atoms with van der Waals surface area (Å²) in [4.78, 5) is 28.2. The molecule has 2 aromatic heterocycles. The fraction of sp³-hybridized carbons (Fsp3) is 0.438. The Labute approximate surface area is 161 Å². The quantitative estimate of drug-likeness (QED) is 0.718. The minimum Gasteiger partial charge on any atom is -0.451 e. The lowest BCUT2D eigenvalue weighted by Gasteiger charge is -2.13. The monoisotopic (exact) mass is 412 g/mol. The molecule has 0 spiro atoms. The Kier molecular flexibility index (Phi) is 5.63. The average molecular weight is 412 g/mol. The van der Waals surface area contributed by atoms with Crippen LogP contribution in [0.4, 0.5) is 5.13 Å². The van der Waals surface area contributed by atoms with E-state index in [1.807, 2.05) is 0 Å². The van der Waals surface area contributed by atoms with Gasteiger partial charge in [0.25, 0.3) is 5.91 Å². The predicted molar refractivity (Wildman–Crippen MR) is 99.2 cm³/mol. The number of nitrogens with zero attached hydrogens (tertiary/aromatic N) is 3. The molecule has 146 valence electrons. The number of hydrogen-bond acceptors (Lipinski definition) is 7. The van der Waals surface area contributed by atoms with Crippen molar-refractivity contribution in [1.29, 1.82) is 0 Å². The number of nitrogens with one attached hydrogen (secondary N) is 1. The molecule has 0 aliphatic carbocycles. The van der Waals surface area contributed by atoms with Crippen LogP contribution in [0.15, 0.2) is 22.5 Å². The van der Waals surface area contributed by atoms with Crippen LogP contribution in [0.25, 0.3) is 0 Å². The van der Waals surface area contributed by atoms with Crippen LogP contribution in [0.3, 0.4) is 0 Å². The van der Waals surface area contributed by atoms with Crippen LogP contribution in [-0.4, -0.2) is 53.8 Å². The highest BCUT2D eigenvalue weighted by molar-refractivity contribution is 7.89. The number of esters is 1. The number of aryl methyl sites for hydroxylation is 2. The Morgan fingerprint density at radius 3 is 2.67 bits per heavy atom. The second-order valence-corrected chi connectivity index (χ2v) is 9.00. The van der Waals surface area contributed by atoms with Crippen molar-refractivity contribution >= 4 is 38.4 Å². The molecule has 1 saturated heterocycles. The molecule has 1 N–H and O–H groups in total. The van der Waals surface area contributed by atoms with Gasteiger partial charge in [-0.2, -0.15) is 4.31 Å². The molecule has 9 nitrogen and oxygen atoms in total. The number of carbonyl (C=O) groups excluding carboxylic acids is 2. The normalized spacial score (nSPS) is 15.0. The second-order valence-electron chi connectivity index (χ2n) is 6.20. The number of aromatic nitrogens is 2. The summed E-state index contributed by atoms with van der Waals surface area (Å²) >= 11 is 1.27. The van der Waals surface area contributed by atoms with Gasteiger partial charge in [0.15, 0.2) is 11.7 Å². The van der Waals surface area contributed by atoms with E-state index in [2.05, 4.69) is 10.3 Å². The van der Waals surface area contributed by atoms with Crippen LogP contribution < -0.4 is 5.32 Å². The summed E-state index contributed by atoms with van der Waals surface area (Å²) in [5.74, 6) is -1.29. The molecule has 0 unspecified atom stereocenters. The van der Waals surface area contributed by atoms with Gasteiger partial charge in [0.2, 0.25) is 10.0 Å². The van der Waals surface area contributed by atoms with Gasteiger partial charge in [-0.05, 0) is 25.8 Å². The molecule has 0 aromatic carbocycles. The molecule has 3 rings (SSSR count). The molecule has 0 saturated carbocycles. The van der Waals surface area contributed by atoms with E-state index < -0.39 is 28.5 Å². The number of anilines is 1. The number of amides is 1. The third kappa shape index (κ3) is 4.37. The maximum absolute atomic E-state index is 12.6. The molecule has 11 heteroatoms. The zero-order valence-electron chi connectivity index (χ0n) is 15.0. The lowest BCUT2D eigenvalue weighted by Crippen LogP contribution is -2.27. The molecule has 0 bridgehead atoms. The highest BCUT2D eigenvalue weighted by Gasteiger charge is 2.29. The van der Waals surface area contributed by atoms with Gasteiger partial charge in [0.05, 0.1) is 5.69 Å². The van der Waals surface area contributed by atoms with Crippen molar-refractivity contribution < 1.29 is 22.7 Å². The molecule has 1 aliphatic heterocycles. The van der Waals surface area contributed by atoms with E-state index in [9.17, 15) is 18.0 Å². The molecule has 1 fully saturated rings. The van der Waals surface area contributed by atoms with Crippen molar-refractivity contribution in [2.75, 3.05) is 25.0 Å². The largest absolute Gasteiger partial charge is 0.451 e. The lowest BCUT2D eigenvalue weighted by molar-refractivity contribution is -0.119. The molecule has 1 amide bonds. The van der Waals surface area contributed by atoms with Gasteiger partial charge >= 0.3 is 5.97 Å². The molecule has 0 radical (unpaired) electrons. The number of hydrogen-bond donors (Lipinski definition) is 1. The van der Waals surface area contributed by atoms with Gasteiger partial charge in [-0.3, -0.25) is 10.1 Å². The standard InChI is InChI=1S/C16H20N4O5S2/c1-11-10-26-16(17-11)18-14(21)9-25-15(22)13-7-12(8-19(13)2)27(23,24)20-5-3-4-6-20/h7-8,10H,3-6,9H2,1-2H3,(H,17,18,21). The molecule has 3 heterocycles. The first kappa shape index (κ1) is 19.5. The fourth-order valence-electron chi connectivity index (χ4n) is 2.73. The van der Waals surface area contributed by atoms with Crippen LogP contribution >= 0.6 is 11.3 Å². The molecular weight excluding hydrogens is 392 g/mol. The summed E-state index contributed by atoms with van der Waals surface area (Å²) in [6.07, 6.45) is 3.03. The van der Waals surface area contributed by atoms with Crippen molar-refractivity contribution in [3.05, 3.63) is 29.0 Å². The van der Waals surface area contributed by atoms with E-state index in [4.69, 9.17) is 4.74 Å². The Bertz CT molecular complexity index is 957. The van der Waals surface area contributed by atoms with Crippen LogP contribution in [0.5, 0.6) is 0 Å². The third-order valence-electron chi connectivity index (χ3n) is 4.09. The summed E-state index contributed by atoms with van der Waals surface area (Å²) in [5.41, 5.74) is 0.841. The molecule has 0 atom stereocenters. The predicted octanol–water partition coefficient (Wildman–Crippen LogP) is 1.37. The van der Waals surface area contributed by atoms with E-state index >= 15 is 0 Å². The minimum absolute atomic E-state index is 0.0431.